The van der Waals surface area contributed by atoms with Crippen LogP contribution in [-0.4, -0.2) is 97.8 Å². The Morgan fingerprint density at radius 2 is 1.81 bits per heavy atom. The molecule has 9 nitrogen and oxygen atoms in total. The predicted molar refractivity (Wildman–Crippen MR) is 183 cm³/mol. The first-order valence-corrected chi connectivity index (χ1v) is 17.7. The van der Waals surface area contributed by atoms with Crippen molar-refractivity contribution < 1.29 is 35.1 Å². The third-order valence-electron chi connectivity index (χ3n) is 9.15. The maximum Gasteiger partial charge on any atom is 0.222 e. The molecule has 1 aromatic heterocycles. The molecule has 47 heavy (non-hydrogen) atoms. The van der Waals surface area contributed by atoms with E-state index in [0.717, 1.165) is 65.3 Å². The van der Waals surface area contributed by atoms with E-state index in [1.165, 1.54) is 23.1 Å². The summed E-state index contributed by atoms with van der Waals surface area (Å²) < 4.78 is 6.26. The zero-order valence-corrected chi connectivity index (χ0v) is 28.2. The van der Waals surface area contributed by atoms with Crippen LogP contribution >= 0.6 is 23.4 Å². The van der Waals surface area contributed by atoms with Crippen LogP contribution in [-0.2, 0) is 16.6 Å². The molecular formula is C36H45ClN2O7S. The molecule has 2 aliphatic carbocycles. The number of aliphatic hydroxyl groups is 5. The molecule has 2 fully saturated rings. The second kappa shape index (κ2) is 16.1. The zero-order valence-electron chi connectivity index (χ0n) is 26.7. The summed E-state index contributed by atoms with van der Waals surface area (Å²) >= 11 is 8.33. The van der Waals surface area contributed by atoms with Gasteiger partial charge in [0.1, 0.15) is 30.2 Å². The van der Waals surface area contributed by atoms with Crippen LogP contribution in [0.4, 0.5) is 0 Å². The van der Waals surface area contributed by atoms with E-state index >= 15 is 0 Å². The van der Waals surface area contributed by atoms with Crippen molar-refractivity contribution in [2.24, 2.45) is 0 Å². The molecule has 0 spiro atoms. The van der Waals surface area contributed by atoms with Crippen molar-refractivity contribution in [1.29, 1.82) is 0 Å². The van der Waals surface area contributed by atoms with Gasteiger partial charge in [-0.15, -0.1) is 11.8 Å². The van der Waals surface area contributed by atoms with Crippen LogP contribution in [0.5, 0.6) is 5.75 Å². The second-order valence-corrected chi connectivity index (χ2v) is 14.4. The molecule has 0 unspecified atom stereocenters. The van der Waals surface area contributed by atoms with Gasteiger partial charge in [-0.3, -0.25) is 9.78 Å². The number of likely N-dealkylation sites (N-methyl/N-ethyl adjacent to an activating group) is 1. The van der Waals surface area contributed by atoms with E-state index in [1.807, 2.05) is 30.6 Å². The number of carbonyl (C=O) groups is 1. The van der Waals surface area contributed by atoms with Gasteiger partial charge in [0, 0.05) is 47.9 Å². The quantitative estimate of drug-likeness (QED) is 0.0975. The van der Waals surface area contributed by atoms with Crippen LogP contribution in [0.25, 0.3) is 11.1 Å². The van der Waals surface area contributed by atoms with Gasteiger partial charge in [0.2, 0.25) is 5.91 Å². The molecular weight excluding hydrogens is 640 g/mol. The second-order valence-electron chi connectivity index (χ2n) is 12.8. The van der Waals surface area contributed by atoms with Gasteiger partial charge in [-0.25, -0.2) is 0 Å². The number of aromatic nitrogens is 1. The molecule has 0 radical (unpaired) electrons. The van der Waals surface area contributed by atoms with Crippen molar-refractivity contribution in [3.63, 3.8) is 0 Å². The average molecular weight is 685 g/mol. The van der Waals surface area contributed by atoms with Gasteiger partial charge in [-0.2, -0.15) is 0 Å². The lowest BCUT2D eigenvalue weighted by molar-refractivity contribution is -0.138. The van der Waals surface area contributed by atoms with Gasteiger partial charge < -0.3 is 35.2 Å². The minimum atomic E-state index is -1.73. The highest BCUT2D eigenvalue weighted by atomic mass is 35.5. The largest absolute Gasteiger partial charge is 0.490 e. The minimum Gasteiger partial charge on any atom is -0.490 e. The number of halogens is 1. The Morgan fingerprint density at radius 3 is 2.53 bits per heavy atom. The van der Waals surface area contributed by atoms with Crippen LogP contribution in [0.15, 0.2) is 65.8 Å². The summed E-state index contributed by atoms with van der Waals surface area (Å²) in [4.78, 5) is 19.5. The lowest BCUT2D eigenvalue weighted by atomic mass is 9.85. The van der Waals surface area contributed by atoms with Crippen molar-refractivity contribution in [3.05, 3.63) is 77.1 Å². The van der Waals surface area contributed by atoms with Gasteiger partial charge in [0.05, 0.1) is 12.7 Å². The summed E-state index contributed by atoms with van der Waals surface area (Å²) in [6.45, 7) is -0.975. The number of para-hydroxylation sites is 1. The Balaban J connectivity index is 1.13. The molecule has 254 valence electrons. The van der Waals surface area contributed by atoms with Crippen LogP contribution in [0, 0.1) is 0 Å². The Kier molecular flexibility index (Phi) is 12.2. The summed E-state index contributed by atoms with van der Waals surface area (Å²) in [6, 6.07) is 16.5. The molecule has 1 heterocycles. The first kappa shape index (κ1) is 35.6. The first-order chi connectivity index (χ1) is 22.6. The fourth-order valence-corrected chi connectivity index (χ4v) is 7.00. The first-order valence-electron chi connectivity index (χ1n) is 16.3. The number of thioether (sulfide) groups is 1. The highest BCUT2D eigenvalue weighted by Gasteiger charge is 2.45. The van der Waals surface area contributed by atoms with E-state index in [2.05, 4.69) is 35.3 Å². The van der Waals surface area contributed by atoms with Crippen LogP contribution in [0.2, 0.25) is 5.02 Å². The Labute approximate surface area is 285 Å². The van der Waals surface area contributed by atoms with Gasteiger partial charge >= 0.3 is 0 Å². The normalized spacial score (nSPS) is 17.9. The monoisotopic (exact) mass is 684 g/mol. The van der Waals surface area contributed by atoms with Gasteiger partial charge in [-0.05, 0) is 103 Å². The number of aliphatic hydroxyl groups excluding tert-OH is 5. The summed E-state index contributed by atoms with van der Waals surface area (Å²) in [7, 11) is 1.51. The number of ether oxygens (including phenoxy) is 1. The van der Waals surface area contributed by atoms with Gasteiger partial charge in [0.15, 0.2) is 0 Å². The van der Waals surface area contributed by atoms with Gasteiger partial charge in [-0.1, -0.05) is 29.8 Å². The highest BCUT2D eigenvalue weighted by Crippen LogP contribution is 2.55. The number of hydrogen-bond donors (Lipinski definition) is 5. The molecule has 0 bridgehead atoms. The molecule has 2 saturated carbocycles. The maximum absolute atomic E-state index is 12.6. The van der Waals surface area contributed by atoms with Crippen molar-refractivity contribution >= 4 is 29.3 Å². The van der Waals surface area contributed by atoms with E-state index < -0.39 is 31.0 Å². The Morgan fingerprint density at radius 1 is 1.06 bits per heavy atom. The third-order valence-corrected chi connectivity index (χ3v) is 10.6. The standard InChI is InChI=1S/C36H45ClN2O7S/c1-39(21-30(41)34(44)35(45)31(42)22-40)33(43)7-4-18-47-25-10-11-29(37)23(19-25)12-14-36(15-16-36)28-20-38-17-13-26(28)27-5-2-3-6-32(27)46-24-8-9-24/h2-3,5-6,10-11,13,17,19-20,24,30-31,34-35,40-42,44-45H,4,7-9,12,14-16,18,21-22H2,1H3/t30-,31+,34+,35+/m0/s1. The van der Waals surface area contributed by atoms with Crippen LogP contribution in [0.1, 0.15) is 56.1 Å². The zero-order chi connectivity index (χ0) is 33.6. The summed E-state index contributed by atoms with van der Waals surface area (Å²) in [5.74, 6) is 1.43. The fourth-order valence-electron chi connectivity index (χ4n) is 5.88. The number of benzene rings is 2. The lowest BCUT2D eigenvalue weighted by Gasteiger charge is -2.28. The molecule has 0 aliphatic heterocycles. The number of carbonyl (C=O) groups excluding carboxylic acids is 1. The molecule has 0 saturated heterocycles. The molecule has 3 aromatic rings. The highest BCUT2D eigenvalue weighted by molar-refractivity contribution is 7.99. The number of hydrogen-bond acceptors (Lipinski definition) is 9. The maximum atomic E-state index is 12.6. The fraction of sp³-hybridized carbons (Fsp3) is 0.500. The Bertz CT molecular complexity index is 1500. The van der Waals surface area contributed by atoms with Crippen molar-refractivity contribution in [1.82, 2.24) is 9.88 Å². The molecule has 2 aliphatic rings. The number of pyridine rings is 1. The summed E-state index contributed by atoms with van der Waals surface area (Å²) in [6.07, 6.45) is 4.79. The number of aryl methyl sites for hydroxylation is 1. The number of amides is 1. The van der Waals surface area contributed by atoms with Crippen molar-refractivity contribution in [2.75, 3.05) is 26.0 Å². The summed E-state index contributed by atoms with van der Waals surface area (Å²) in [5.41, 5.74) is 4.73. The topological polar surface area (TPSA) is 144 Å². The molecule has 5 rings (SSSR count). The lowest BCUT2D eigenvalue weighted by Crippen LogP contribution is -2.49. The summed E-state index contributed by atoms with van der Waals surface area (Å²) in [5, 5.41) is 49.2. The SMILES string of the molecule is CN(C[C@H](O)[C@@H](O)[C@H](O)[C@H](O)CO)C(=O)CCCSc1ccc(Cl)c(CCC2(c3cnccc3-c3ccccc3OC3CC3)CC2)c1. The minimum absolute atomic E-state index is 0.0511. The van der Waals surface area contributed by atoms with E-state index in [0.29, 0.717) is 18.3 Å². The molecule has 2 aromatic carbocycles. The van der Waals surface area contributed by atoms with E-state index in [9.17, 15) is 25.2 Å². The molecule has 4 atom stereocenters. The van der Waals surface area contributed by atoms with Gasteiger partial charge in [0.25, 0.3) is 0 Å². The van der Waals surface area contributed by atoms with Crippen LogP contribution < -0.4 is 4.74 Å². The number of nitrogens with zero attached hydrogens (tertiary/aromatic N) is 2. The van der Waals surface area contributed by atoms with Crippen molar-refractivity contribution in [3.8, 4) is 16.9 Å². The average Bonchev–Trinajstić information content (AvgIpc) is 4.03. The third kappa shape index (κ3) is 9.26. The van der Waals surface area contributed by atoms with E-state index in [4.69, 9.17) is 21.4 Å². The van der Waals surface area contributed by atoms with Crippen LogP contribution in [0.3, 0.4) is 0 Å². The predicted octanol–water partition coefficient (Wildman–Crippen LogP) is 4.37. The van der Waals surface area contributed by atoms with E-state index in [-0.39, 0.29) is 24.3 Å². The number of rotatable bonds is 18. The molecule has 5 N–H and O–H groups in total. The van der Waals surface area contributed by atoms with Crippen molar-refractivity contribution in [2.45, 2.75) is 92.2 Å². The molecule has 1 amide bonds. The van der Waals surface area contributed by atoms with E-state index in [1.54, 1.807) is 11.8 Å². The Hall–Kier alpha value is -2.70. The smallest absolute Gasteiger partial charge is 0.222 e. The molecule has 11 heteroatoms.